The minimum Gasteiger partial charge on any atom is -0.359 e. The van der Waals surface area contributed by atoms with E-state index in [1.165, 1.54) is 11.3 Å². The summed E-state index contributed by atoms with van der Waals surface area (Å²) >= 11 is 7.13. The molecule has 1 atom stereocenters. The van der Waals surface area contributed by atoms with Crippen LogP contribution in [0, 0.1) is 0 Å². The van der Waals surface area contributed by atoms with Crippen molar-refractivity contribution in [2.75, 3.05) is 20.1 Å². The highest BCUT2D eigenvalue weighted by atomic mass is 35.5. The van der Waals surface area contributed by atoms with Crippen molar-refractivity contribution in [1.29, 1.82) is 0 Å². The Hall–Kier alpha value is -2.64. The molecule has 4 rings (SSSR count). The van der Waals surface area contributed by atoms with Gasteiger partial charge in [-0.2, -0.15) is 0 Å². The average molecular weight is 415 g/mol. The first-order valence-electron chi connectivity index (χ1n) is 8.90. The summed E-state index contributed by atoms with van der Waals surface area (Å²) < 4.78 is 6.03. The van der Waals surface area contributed by atoms with E-state index in [1.54, 1.807) is 12.1 Å². The van der Waals surface area contributed by atoms with Crippen molar-refractivity contribution < 1.29 is 9.32 Å². The molecule has 1 aliphatic heterocycles. The zero-order valence-corrected chi connectivity index (χ0v) is 17.0. The second kappa shape index (κ2) is 7.77. The number of hydrogen-bond donors (Lipinski definition) is 1. The summed E-state index contributed by atoms with van der Waals surface area (Å²) in [7, 11) is 2.05. The van der Waals surface area contributed by atoms with Crippen LogP contribution in [0.15, 0.2) is 52.0 Å². The molecule has 1 aliphatic rings. The molecule has 1 N–H and O–H groups in total. The number of carbonyl (C=O) groups is 1. The topological polar surface area (TPSA) is 70.7 Å². The molecule has 6 nitrogen and oxygen atoms in total. The maximum Gasteiger partial charge on any atom is 0.261 e. The lowest BCUT2D eigenvalue weighted by molar-refractivity contribution is 0.0938. The van der Waals surface area contributed by atoms with Gasteiger partial charge in [-0.25, -0.2) is 0 Å². The number of nitrogens with zero attached hydrogens (tertiary/aromatic N) is 3. The minimum atomic E-state index is -0.310. The molecule has 0 saturated heterocycles. The fraction of sp³-hybridized carbons (Fsp3) is 0.250. The van der Waals surface area contributed by atoms with Gasteiger partial charge in [0.15, 0.2) is 5.76 Å². The number of aliphatic imine (C=N–C) groups is 1. The summed E-state index contributed by atoms with van der Waals surface area (Å²) in [5.41, 5.74) is 2.76. The van der Waals surface area contributed by atoms with Crippen molar-refractivity contribution in [3.05, 3.63) is 63.0 Å². The molecule has 2 aromatic heterocycles. The average Bonchev–Trinajstić information content (AvgIpc) is 3.42. The van der Waals surface area contributed by atoms with Gasteiger partial charge >= 0.3 is 0 Å². The van der Waals surface area contributed by atoms with Crippen molar-refractivity contribution >= 4 is 34.7 Å². The van der Waals surface area contributed by atoms with Crippen molar-refractivity contribution in [1.82, 2.24) is 15.4 Å². The minimum absolute atomic E-state index is 0.187. The third-order valence-corrected chi connectivity index (χ3v) is 5.83. The number of aromatic nitrogens is 1. The molecule has 3 heterocycles. The van der Waals surface area contributed by atoms with Gasteiger partial charge in [-0.05, 0) is 19.1 Å². The van der Waals surface area contributed by atoms with Crippen molar-refractivity contribution in [3.8, 4) is 11.3 Å². The van der Waals surface area contributed by atoms with Crippen LogP contribution in [-0.4, -0.2) is 41.9 Å². The van der Waals surface area contributed by atoms with Crippen LogP contribution in [0.2, 0.25) is 4.34 Å². The monoisotopic (exact) mass is 414 g/mol. The van der Waals surface area contributed by atoms with Gasteiger partial charge in [0, 0.05) is 30.8 Å². The number of benzene rings is 1. The van der Waals surface area contributed by atoms with Gasteiger partial charge in [0.1, 0.15) is 11.5 Å². The Morgan fingerprint density at radius 1 is 1.25 bits per heavy atom. The van der Waals surface area contributed by atoms with E-state index in [2.05, 4.69) is 20.4 Å². The quantitative estimate of drug-likeness (QED) is 0.677. The number of likely N-dealkylation sites (N-methyl/N-ethyl adjacent to an activating group) is 1. The summed E-state index contributed by atoms with van der Waals surface area (Å²) in [4.78, 5) is 19.5. The zero-order valence-electron chi connectivity index (χ0n) is 15.5. The van der Waals surface area contributed by atoms with Crippen LogP contribution < -0.4 is 5.32 Å². The molecule has 0 aliphatic carbocycles. The van der Waals surface area contributed by atoms with Crippen LogP contribution in [0.25, 0.3) is 11.3 Å². The fourth-order valence-corrected chi connectivity index (χ4v) is 3.99. The highest BCUT2D eigenvalue weighted by Crippen LogP contribution is 2.25. The van der Waals surface area contributed by atoms with E-state index in [0.29, 0.717) is 15.0 Å². The van der Waals surface area contributed by atoms with Gasteiger partial charge in [0.2, 0.25) is 0 Å². The third-order valence-electron chi connectivity index (χ3n) is 4.60. The van der Waals surface area contributed by atoms with E-state index < -0.39 is 0 Å². The molecule has 28 heavy (non-hydrogen) atoms. The van der Waals surface area contributed by atoms with Gasteiger partial charge < -0.3 is 14.7 Å². The standard InChI is InChI=1S/C20H19ClN4O2S/c1-12(23-20(26)17-7-8-18(21)28-17)16-11-15(24-27-16)13-3-5-14(6-4-13)19-22-9-10-25(19)2/h3-8,11-12H,9-10H2,1-2H3,(H,23,26)/t12-/m0/s1. The lowest BCUT2D eigenvalue weighted by Crippen LogP contribution is -2.25. The predicted molar refractivity (Wildman–Crippen MR) is 111 cm³/mol. The molecule has 0 radical (unpaired) electrons. The summed E-state index contributed by atoms with van der Waals surface area (Å²) in [6.07, 6.45) is 0. The molecular weight excluding hydrogens is 396 g/mol. The van der Waals surface area contributed by atoms with Gasteiger partial charge in [0.05, 0.1) is 21.8 Å². The smallest absolute Gasteiger partial charge is 0.261 e. The first-order valence-corrected chi connectivity index (χ1v) is 10.1. The maximum atomic E-state index is 12.3. The number of nitrogens with one attached hydrogen (secondary N) is 1. The number of amides is 1. The first-order chi connectivity index (χ1) is 13.5. The zero-order chi connectivity index (χ0) is 19.7. The number of rotatable bonds is 5. The lowest BCUT2D eigenvalue weighted by Gasteiger charge is -2.13. The normalized spacial score (nSPS) is 14.8. The largest absolute Gasteiger partial charge is 0.359 e. The van der Waals surface area contributed by atoms with Gasteiger partial charge in [0.25, 0.3) is 5.91 Å². The van der Waals surface area contributed by atoms with Crippen molar-refractivity contribution in [2.24, 2.45) is 4.99 Å². The van der Waals surface area contributed by atoms with Gasteiger partial charge in [-0.1, -0.05) is 41.0 Å². The predicted octanol–water partition coefficient (Wildman–Crippen LogP) is 4.24. The second-order valence-corrected chi connectivity index (χ2v) is 8.33. The number of halogens is 1. The fourth-order valence-electron chi connectivity index (χ4n) is 3.04. The SMILES string of the molecule is C[C@H](NC(=O)c1ccc(Cl)s1)c1cc(-c2ccc(C3=NCCN3C)cc2)no1. The van der Waals surface area contributed by atoms with E-state index in [1.807, 2.05) is 44.3 Å². The van der Waals surface area contributed by atoms with Crippen LogP contribution in [0.3, 0.4) is 0 Å². The van der Waals surface area contributed by atoms with E-state index in [0.717, 1.165) is 35.7 Å². The molecule has 0 bridgehead atoms. The Bertz CT molecular complexity index is 1030. The molecule has 8 heteroatoms. The van der Waals surface area contributed by atoms with E-state index in [-0.39, 0.29) is 11.9 Å². The molecular formula is C20H19ClN4O2S. The van der Waals surface area contributed by atoms with Crippen LogP contribution in [0.4, 0.5) is 0 Å². The molecule has 0 fully saturated rings. The van der Waals surface area contributed by atoms with Gasteiger partial charge in [-0.3, -0.25) is 9.79 Å². The molecule has 1 amide bonds. The van der Waals surface area contributed by atoms with Crippen LogP contribution in [0.1, 0.15) is 34.0 Å². The Balaban J connectivity index is 1.45. The Morgan fingerprint density at radius 3 is 2.64 bits per heavy atom. The summed E-state index contributed by atoms with van der Waals surface area (Å²) in [5.74, 6) is 1.42. The third kappa shape index (κ3) is 3.81. The molecule has 3 aromatic rings. The molecule has 0 spiro atoms. The maximum absolute atomic E-state index is 12.3. The van der Waals surface area contributed by atoms with Gasteiger partial charge in [-0.15, -0.1) is 11.3 Å². The van der Waals surface area contributed by atoms with Crippen molar-refractivity contribution in [3.63, 3.8) is 0 Å². The van der Waals surface area contributed by atoms with Crippen LogP contribution in [0.5, 0.6) is 0 Å². The number of thiophene rings is 1. The highest BCUT2D eigenvalue weighted by Gasteiger charge is 2.18. The lowest BCUT2D eigenvalue weighted by atomic mass is 10.1. The van der Waals surface area contributed by atoms with Crippen LogP contribution >= 0.6 is 22.9 Å². The highest BCUT2D eigenvalue weighted by molar-refractivity contribution is 7.18. The first kappa shape index (κ1) is 18.7. The van der Waals surface area contributed by atoms with Crippen molar-refractivity contribution in [2.45, 2.75) is 13.0 Å². The molecule has 1 aromatic carbocycles. The molecule has 0 saturated carbocycles. The summed E-state index contributed by atoms with van der Waals surface area (Å²) in [5, 5.41) is 7.05. The number of carbonyl (C=O) groups excluding carboxylic acids is 1. The Morgan fingerprint density at radius 2 is 2.00 bits per heavy atom. The Labute approximate surface area is 171 Å². The molecule has 144 valence electrons. The van der Waals surface area contributed by atoms with Crippen LogP contribution in [-0.2, 0) is 0 Å². The Kier molecular flexibility index (Phi) is 5.19. The molecule has 0 unspecified atom stereocenters. The summed E-state index contributed by atoms with van der Waals surface area (Å²) in [6, 6.07) is 13.0. The van der Waals surface area contributed by atoms with E-state index in [9.17, 15) is 4.79 Å². The van der Waals surface area contributed by atoms with E-state index in [4.69, 9.17) is 16.1 Å². The number of amidine groups is 1. The van der Waals surface area contributed by atoms with E-state index >= 15 is 0 Å². The summed E-state index contributed by atoms with van der Waals surface area (Å²) in [6.45, 7) is 3.64. The second-order valence-electron chi connectivity index (χ2n) is 6.62. The number of hydrogen-bond acceptors (Lipinski definition) is 6.